The van der Waals surface area contributed by atoms with Crippen LogP contribution in [0, 0.1) is 0 Å². The van der Waals surface area contributed by atoms with Crippen molar-refractivity contribution in [3.05, 3.63) is 48.0 Å². The lowest BCUT2D eigenvalue weighted by molar-refractivity contribution is -0.125. The maximum absolute atomic E-state index is 10.8. The monoisotopic (exact) mass is 270 g/mol. The molecule has 3 rings (SSSR count). The van der Waals surface area contributed by atoms with Gasteiger partial charge in [0.25, 0.3) is 0 Å². The lowest BCUT2D eigenvalue weighted by Crippen LogP contribution is -2.40. The molecule has 2 aromatic carbocycles. The van der Waals surface area contributed by atoms with E-state index in [1.54, 1.807) is 7.11 Å². The number of benzene rings is 2. The van der Waals surface area contributed by atoms with Gasteiger partial charge in [-0.3, -0.25) is 0 Å². The molecule has 0 amide bonds. The highest BCUT2D eigenvalue weighted by molar-refractivity contribution is 5.83. The smallest absolute Gasteiger partial charge is 0.108 e. The van der Waals surface area contributed by atoms with Crippen molar-refractivity contribution in [2.45, 2.75) is 43.8 Å². The lowest BCUT2D eigenvalue weighted by atomic mass is 9.78. The van der Waals surface area contributed by atoms with Crippen LogP contribution >= 0.6 is 0 Å². The van der Waals surface area contributed by atoms with Gasteiger partial charge in [-0.1, -0.05) is 55.7 Å². The van der Waals surface area contributed by atoms with Crippen molar-refractivity contribution in [1.29, 1.82) is 0 Å². The Labute approximate surface area is 120 Å². The topological polar surface area (TPSA) is 29.5 Å². The van der Waals surface area contributed by atoms with Crippen molar-refractivity contribution >= 4 is 10.8 Å². The van der Waals surface area contributed by atoms with Gasteiger partial charge in [-0.2, -0.15) is 0 Å². The van der Waals surface area contributed by atoms with Crippen LogP contribution in [0.4, 0.5) is 0 Å². The number of aliphatic hydroxyl groups excluding tert-OH is 1. The fraction of sp³-hybridized carbons (Fsp3) is 0.444. The highest BCUT2D eigenvalue weighted by atomic mass is 16.5. The van der Waals surface area contributed by atoms with Crippen molar-refractivity contribution in [3.63, 3.8) is 0 Å². The standard InChI is InChI=1S/C18H22O2/c1-20-18(11-5-2-6-12-18)17(19)16-10-9-14-7-3-4-8-15(14)13-16/h3-4,7-10,13,17,19H,2,5-6,11-12H2,1H3. The second kappa shape index (κ2) is 5.55. The maximum Gasteiger partial charge on any atom is 0.108 e. The molecule has 1 N–H and O–H groups in total. The average Bonchev–Trinajstić information content (AvgIpc) is 2.54. The molecule has 0 radical (unpaired) electrons. The summed E-state index contributed by atoms with van der Waals surface area (Å²) in [5.41, 5.74) is 0.563. The molecule has 0 aromatic heterocycles. The van der Waals surface area contributed by atoms with Crippen LogP contribution in [0.2, 0.25) is 0 Å². The molecule has 1 aliphatic carbocycles. The van der Waals surface area contributed by atoms with Crippen LogP contribution < -0.4 is 0 Å². The summed E-state index contributed by atoms with van der Waals surface area (Å²) in [5, 5.41) is 13.2. The summed E-state index contributed by atoms with van der Waals surface area (Å²) in [7, 11) is 1.73. The van der Waals surface area contributed by atoms with Gasteiger partial charge < -0.3 is 9.84 Å². The summed E-state index contributed by atoms with van der Waals surface area (Å²) in [6, 6.07) is 14.5. The van der Waals surface area contributed by atoms with Gasteiger partial charge in [0.05, 0.1) is 5.60 Å². The van der Waals surface area contributed by atoms with Crippen LogP contribution in [0.5, 0.6) is 0 Å². The van der Waals surface area contributed by atoms with Crippen LogP contribution in [-0.2, 0) is 4.74 Å². The number of methoxy groups -OCH3 is 1. The predicted molar refractivity (Wildman–Crippen MR) is 81.7 cm³/mol. The Bertz CT molecular complexity index is 585. The van der Waals surface area contributed by atoms with Gasteiger partial charge in [0.15, 0.2) is 0 Å². The molecule has 1 atom stereocenters. The zero-order chi connectivity index (χ0) is 14.0. The molecule has 0 bridgehead atoms. The van der Waals surface area contributed by atoms with E-state index in [9.17, 15) is 5.11 Å². The quantitative estimate of drug-likeness (QED) is 0.904. The highest BCUT2D eigenvalue weighted by Crippen LogP contribution is 2.41. The molecule has 0 saturated heterocycles. The minimum Gasteiger partial charge on any atom is -0.385 e. The molecular formula is C18H22O2. The number of ether oxygens (including phenoxy) is 1. The SMILES string of the molecule is COC1(C(O)c2ccc3ccccc3c2)CCCCC1. The third-order valence-corrected chi connectivity index (χ3v) is 4.69. The first-order valence-corrected chi connectivity index (χ1v) is 7.47. The summed E-state index contributed by atoms with van der Waals surface area (Å²) in [4.78, 5) is 0. The molecule has 106 valence electrons. The Morgan fingerprint density at radius 1 is 1.00 bits per heavy atom. The molecule has 2 heteroatoms. The first kappa shape index (κ1) is 13.6. The molecule has 1 saturated carbocycles. The van der Waals surface area contributed by atoms with E-state index in [1.807, 2.05) is 18.2 Å². The Morgan fingerprint density at radius 2 is 1.70 bits per heavy atom. The van der Waals surface area contributed by atoms with E-state index in [0.717, 1.165) is 31.2 Å². The fourth-order valence-corrected chi connectivity index (χ4v) is 3.42. The third kappa shape index (κ3) is 2.34. The van der Waals surface area contributed by atoms with Gasteiger partial charge in [-0.25, -0.2) is 0 Å². The van der Waals surface area contributed by atoms with Crippen LogP contribution in [0.1, 0.15) is 43.8 Å². The fourth-order valence-electron chi connectivity index (χ4n) is 3.42. The Morgan fingerprint density at radius 3 is 2.40 bits per heavy atom. The van der Waals surface area contributed by atoms with E-state index in [2.05, 4.69) is 24.3 Å². The Kier molecular flexibility index (Phi) is 3.77. The summed E-state index contributed by atoms with van der Waals surface area (Å²) in [5.74, 6) is 0. The van der Waals surface area contributed by atoms with Gasteiger partial charge >= 0.3 is 0 Å². The van der Waals surface area contributed by atoms with E-state index in [0.29, 0.717) is 0 Å². The number of rotatable bonds is 3. The second-order valence-electron chi connectivity index (χ2n) is 5.84. The number of aliphatic hydroxyl groups is 1. The molecule has 0 spiro atoms. The molecule has 1 aliphatic rings. The van der Waals surface area contributed by atoms with Gasteiger partial charge in [-0.15, -0.1) is 0 Å². The number of hydrogen-bond acceptors (Lipinski definition) is 2. The van der Waals surface area contributed by atoms with Crippen LogP contribution in [-0.4, -0.2) is 17.8 Å². The molecular weight excluding hydrogens is 248 g/mol. The predicted octanol–water partition coefficient (Wildman–Crippen LogP) is 4.22. The number of hydrogen-bond donors (Lipinski definition) is 1. The molecule has 0 aliphatic heterocycles. The first-order chi connectivity index (χ1) is 9.75. The Hall–Kier alpha value is -1.38. The molecule has 2 aromatic rings. The van der Waals surface area contributed by atoms with E-state index < -0.39 is 11.7 Å². The minimum atomic E-state index is -0.544. The van der Waals surface area contributed by atoms with Gasteiger partial charge in [-0.05, 0) is 35.2 Å². The van der Waals surface area contributed by atoms with E-state index >= 15 is 0 Å². The van der Waals surface area contributed by atoms with Crippen molar-refractivity contribution < 1.29 is 9.84 Å². The zero-order valence-corrected chi connectivity index (χ0v) is 12.0. The highest BCUT2D eigenvalue weighted by Gasteiger charge is 2.39. The molecule has 20 heavy (non-hydrogen) atoms. The summed E-state index contributed by atoms with van der Waals surface area (Å²) >= 11 is 0. The normalized spacial score (nSPS) is 19.9. The van der Waals surface area contributed by atoms with E-state index in [1.165, 1.54) is 17.2 Å². The van der Waals surface area contributed by atoms with Crippen molar-refractivity contribution in [3.8, 4) is 0 Å². The average molecular weight is 270 g/mol. The lowest BCUT2D eigenvalue weighted by Gasteiger charge is -2.40. The van der Waals surface area contributed by atoms with E-state index in [4.69, 9.17) is 4.74 Å². The van der Waals surface area contributed by atoms with Gasteiger partial charge in [0, 0.05) is 7.11 Å². The van der Waals surface area contributed by atoms with E-state index in [-0.39, 0.29) is 0 Å². The second-order valence-corrected chi connectivity index (χ2v) is 5.84. The minimum absolute atomic E-state index is 0.402. The molecule has 2 nitrogen and oxygen atoms in total. The molecule has 1 fully saturated rings. The van der Waals surface area contributed by atoms with Gasteiger partial charge in [0.2, 0.25) is 0 Å². The van der Waals surface area contributed by atoms with Crippen molar-refractivity contribution in [2.75, 3.05) is 7.11 Å². The van der Waals surface area contributed by atoms with Crippen molar-refractivity contribution in [1.82, 2.24) is 0 Å². The summed E-state index contributed by atoms with van der Waals surface area (Å²) in [6.45, 7) is 0. The maximum atomic E-state index is 10.8. The first-order valence-electron chi connectivity index (χ1n) is 7.47. The zero-order valence-electron chi connectivity index (χ0n) is 12.0. The third-order valence-electron chi connectivity index (χ3n) is 4.69. The molecule has 1 unspecified atom stereocenters. The number of fused-ring (bicyclic) bond motifs is 1. The van der Waals surface area contributed by atoms with Crippen LogP contribution in [0.15, 0.2) is 42.5 Å². The Balaban J connectivity index is 1.96. The van der Waals surface area contributed by atoms with Gasteiger partial charge in [0.1, 0.15) is 6.10 Å². The molecule has 0 heterocycles. The van der Waals surface area contributed by atoms with Crippen molar-refractivity contribution in [2.24, 2.45) is 0 Å². The van der Waals surface area contributed by atoms with Crippen LogP contribution in [0.3, 0.4) is 0 Å². The summed E-state index contributed by atoms with van der Waals surface area (Å²) < 4.78 is 5.76. The largest absolute Gasteiger partial charge is 0.385 e. The van der Waals surface area contributed by atoms with Crippen LogP contribution in [0.25, 0.3) is 10.8 Å². The summed E-state index contributed by atoms with van der Waals surface area (Å²) in [6.07, 6.45) is 4.86.